The molecule has 4 rings (SSSR count). The molecule has 1 aromatic carbocycles. The minimum atomic E-state index is 0.197. The maximum absolute atomic E-state index is 6.11. The first-order chi connectivity index (χ1) is 12.9. The average Bonchev–Trinajstić information content (AvgIpc) is 2.66. The van der Waals surface area contributed by atoms with E-state index >= 15 is 0 Å². The molecule has 0 amide bonds. The van der Waals surface area contributed by atoms with Crippen LogP contribution in [0.5, 0.6) is 5.88 Å². The molecule has 144 valence electrons. The van der Waals surface area contributed by atoms with Crippen molar-refractivity contribution in [2.45, 2.75) is 70.3 Å². The van der Waals surface area contributed by atoms with Crippen LogP contribution in [0.2, 0.25) is 0 Å². The lowest BCUT2D eigenvalue weighted by Gasteiger charge is -2.42. The van der Waals surface area contributed by atoms with Crippen LogP contribution in [0.15, 0.2) is 30.6 Å². The number of ether oxygens (including phenoxy) is 1. The van der Waals surface area contributed by atoms with Gasteiger partial charge in [-0.25, -0.2) is 9.97 Å². The molecule has 2 aliphatic rings. The smallest absolute Gasteiger partial charge is 0.217 e. The fourth-order valence-corrected chi connectivity index (χ4v) is 4.39. The summed E-state index contributed by atoms with van der Waals surface area (Å²) < 4.78 is 6.11. The second-order valence-electron chi connectivity index (χ2n) is 9.34. The Morgan fingerprint density at radius 1 is 0.926 bits per heavy atom. The van der Waals surface area contributed by atoms with Crippen LogP contribution in [-0.4, -0.2) is 29.2 Å². The van der Waals surface area contributed by atoms with E-state index in [1.807, 2.05) is 6.07 Å². The zero-order valence-corrected chi connectivity index (χ0v) is 17.0. The van der Waals surface area contributed by atoms with E-state index in [0.717, 1.165) is 37.2 Å². The van der Waals surface area contributed by atoms with Gasteiger partial charge in [-0.1, -0.05) is 39.8 Å². The van der Waals surface area contributed by atoms with Crippen molar-refractivity contribution in [3.05, 3.63) is 41.7 Å². The minimum absolute atomic E-state index is 0.197. The van der Waals surface area contributed by atoms with E-state index in [0.29, 0.717) is 5.88 Å². The molecule has 1 aliphatic carbocycles. The van der Waals surface area contributed by atoms with Gasteiger partial charge in [-0.2, -0.15) is 0 Å². The standard InChI is InChI=1S/C23H31N3O/c1-22(2)9-10-23(3,4)19-13-16(5-6-18(19)22)20-14-21(26-15-25-20)27-17-7-11-24-12-8-17/h5-6,13-15,17,24H,7-12H2,1-4H3. The number of piperidine rings is 1. The molecule has 1 N–H and O–H groups in total. The molecule has 27 heavy (non-hydrogen) atoms. The third-order valence-electron chi connectivity index (χ3n) is 6.36. The first-order valence-corrected chi connectivity index (χ1v) is 10.2. The number of hydrogen-bond donors (Lipinski definition) is 1. The third kappa shape index (κ3) is 3.73. The van der Waals surface area contributed by atoms with Crippen molar-refractivity contribution in [3.63, 3.8) is 0 Å². The quantitative estimate of drug-likeness (QED) is 0.862. The monoisotopic (exact) mass is 365 g/mol. The highest BCUT2D eigenvalue weighted by Crippen LogP contribution is 2.46. The Morgan fingerprint density at radius 2 is 1.63 bits per heavy atom. The normalized spacial score (nSPS) is 21.5. The molecule has 0 unspecified atom stereocenters. The van der Waals surface area contributed by atoms with Gasteiger partial charge in [-0.15, -0.1) is 0 Å². The van der Waals surface area contributed by atoms with E-state index in [-0.39, 0.29) is 16.9 Å². The predicted octanol–water partition coefficient (Wildman–Crippen LogP) is 4.62. The Hall–Kier alpha value is -1.94. The summed E-state index contributed by atoms with van der Waals surface area (Å²) in [5, 5.41) is 3.37. The van der Waals surface area contributed by atoms with E-state index in [1.54, 1.807) is 6.33 Å². The highest BCUT2D eigenvalue weighted by molar-refractivity contribution is 5.63. The van der Waals surface area contributed by atoms with Crippen molar-refractivity contribution in [2.75, 3.05) is 13.1 Å². The fourth-order valence-electron chi connectivity index (χ4n) is 4.39. The summed E-state index contributed by atoms with van der Waals surface area (Å²) in [5.74, 6) is 0.684. The third-order valence-corrected chi connectivity index (χ3v) is 6.36. The van der Waals surface area contributed by atoms with E-state index in [1.165, 1.54) is 24.0 Å². The van der Waals surface area contributed by atoms with Crippen molar-refractivity contribution < 1.29 is 4.74 Å². The molecule has 2 heterocycles. The largest absolute Gasteiger partial charge is 0.474 e. The number of rotatable bonds is 3. The van der Waals surface area contributed by atoms with Gasteiger partial charge < -0.3 is 10.1 Å². The molecular weight excluding hydrogens is 334 g/mol. The zero-order chi connectivity index (χ0) is 19.1. The van der Waals surface area contributed by atoms with Crippen LogP contribution >= 0.6 is 0 Å². The molecule has 0 spiro atoms. The lowest BCUT2D eigenvalue weighted by Crippen LogP contribution is -2.34. The van der Waals surface area contributed by atoms with E-state index in [9.17, 15) is 0 Å². The van der Waals surface area contributed by atoms with Gasteiger partial charge in [0.05, 0.1) is 5.69 Å². The van der Waals surface area contributed by atoms with Gasteiger partial charge in [0.15, 0.2) is 0 Å². The maximum atomic E-state index is 6.11. The van der Waals surface area contributed by atoms with Crippen LogP contribution in [-0.2, 0) is 10.8 Å². The molecule has 1 saturated heterocycles. The topological polar surface area (TPSA) is 47.0 Å². The first-order valence-electron chi connectivity index (χ1n) is 10.2. The summed E-state index contributed by atoms with van der Waals surface area (Å²) in [6, 6.07) is 8.84. The van der Waals surface area contributed by atoms with E-state index in [2.05, 4.69) is 61.2 Å². The number of fused-ring (bicyclic) bond motifs is 1. The Labute approximate surface area is 162 Å². The van der Waals surface area contributed by atoms with Gasteiger partial charge in [0, 0.05) is 11.6 Å². The summed E-state index contributed by atoms with van der Waals surface area (Å²) in [6.07, 6.45) is 6.37. The van der Waals surface area contributed by atoms with Crippen molar-refractivity contribution in [3.8, 4) is 17.1 Å². The van der Waals surface area contributed by atoms with Crippen LogP contribution in [0.3, 0.4) is 0 Å². The van der Waals surface area contributed by atoms with Gasteiger partial charge in [-0.3, -0.25) is 0 Å². The lowest BCUT2D eigenvalue weighted by atomic mass is 9.63. The summed E-state index contributed by atoms with van der Waals surface area (Å²) >= 11 is 0. The number of hydrogen-bond acceptors (Lipinski definition) is 4. The Bertz CT molecular complexity index is 822. The van der Waals surface area contributed by atoms with Gasteiger partial charge in [0.2, 0.25) is 5.88 Å². The molecule has 1 fully saturated rings. The summed E-state index contributed by atoms with van der Waals surface area (Å²) in [5.41, 5.74) is 5.45. The number of benzene rings is 1. The predicted molar refractivity (Wildman–Crippen MR) is 109 cm³/mol. The van der Waals surface area contributed by atoms with Crippen molar-refractivity contribution in [2.24, 2.45) is 0 Å². The second-order valence-corrected chi connectivity index (χ2v) is 9.34. The molecule has 0 saturated carbocycles. The van der Waals surface area contributed by atoms with Crippen molar-refractivity contribution in [1.29, 1.82) is 0 Å². The van der Waals surface area contributed by atoms with E-state index < -0.39 is 0 Å². The highest BCUT2D eigenvalue weighted by Gasteiger charge is 2.37. The molecule has 4 heteroatoms. The van der Waals surface area contributed by atoms with Gasteiger partial charge in [0.1, 0.15) is 12.4 Å². The molecule has 0 radical (unpaired) electrons. The Balaban J connectivity index is 1.65. The molecule has 2 aromatic rings. The molecule has 4 nitrogen and oxygen atoms in total. The first kappa shape index (κ1) is 18.4. The Morgan fingerprint density at radius 3 is 2.37 bits per heavy atom. The average molecular weight is 366 g/mol. The van der Waals surface area contributed by atoms with Crippen LogP contribution in [0.4, 0.5) is 0 Å². The minimum Gasteiger partial charge on any atom is -0.474 e. The number of aromatic nitrogens is 2. The molecular formula is C23H31N3O. The Kier molecular flexibility index (Phi) is 4.71. The number of nitrogens with one attached hydrogen (secondary N) is 1. The van der Waals surface area contributed by atoms with Crippen LogP contribution in [0.25, 0.3) is 11.3 Å². The van der Waals surface area contributed by atoms with Crippen molar-refractivity contribution >= 4 is 0 Å². The maximum Gasteiger partial charge on any atom is 0.217 e. The fraction of sp³-hybridized carbons (Fsp3) is 0.565. The second kappa shape index (κ2) is 6.90. The van der Waals surface area contributed by atoms with Gasteiger partial charge in [0.25, 0.3) is 0 Å². The molecule has 1 aromatic heterocycles. The molecule has 0 atom stereocenters. The highest BCUT2D eigenvalue weighted by atomic mass is 16.5. The van der Waals surface area contributed by atoms with Gasteiger partial charge in [-0.05, 0) is 66.8 Å². The molecule has 0 bridgehead atoms. The molecule has 1 aliphatic heterocycles. The van der Waals surface area contributed by atoms with E-state index in [4.69, 9.17) is 4.74 Å². The lowest BCUT2D eigenvalue weighted by molar-refractivity contribution is 0.156. The summed E-state index contributed by atoms with van der Waals surface area (Å²) in [4.78, 5) is 8.88. The number of nitrogens with zero attached hydrogens (tertiary/aromatic N) is 2. The van der Waals surface area contributed by atoms with Gasteiger partial charge >= 0.3 is 0 Å². The SMILES string of the molecule is CC1(C)CCC(C)(C)c2cc(-c3cc(OC4CCNCC4)ncn3)ccc21. The van der Waals surface area contributed by atoms with Crippen LogP contribution in [0, 0.1) is 0 Å². The summed E-state index contributed by atoms with van der Waals surface area (Å²) in [6.45, 7) is 11.5. The van der Waals surface area contributed by atoms with Crippen LogP contribution in [0.1, 0.15) is 64.5 Å². The zero-order valence-electron chi connectivity index (χ0n) is 17.0. The van der Waals surface area contributed by atoms with Crippen molar-refractivity contribution in [1.82, 2.24) is 15.3 Å². The van der Waals surface area contributed by atoms with Crippen LogP contribution < -0.4 is 10.1 Å². The summed E-state index contributed by atoms with van der Waals surface area (Å²) in [7, 11) is 0.